The van der Waals surface area contributed by atoms with Crippen molar-refractivity contribution in [2.45, 2.75) is 6.54 Å². The summed E-state index contributed by atoms with van der Waals surface area (Å²) in [6.45, 7) is 1.52. The minimum atomic E-state index is -0.171. The zero-order valence-corrected chi connectivity index (χ0v) is 12.6. The average Bonchev–Trinajstić information content (AvgIpc) is 3.05. The van der Waals surface area contributed by atoms with Crippen LogP contribution in [0.2, 0.25) is 4.47 Å². The van der Waals surface area contributed by atoms with Crippen LogP contribution in [0.25, 0.3) is 0 Å². The fraction of sp³-hybridized carbons (Fsp3) is 0.364. The van der Waals surface area contributed by atoms with E-state index in [0.717, 1.165) is 16.2 Å². The summed E-state index contributed by atoms with van der Waals surface area (Å²) in [5.41, 5.74) is 0. The molecule has 0 spiro atoms. The molecule has 0 fully saturated rings. The molecule has 2 rings (SSSR count). The molecule has 0 aliphatic carbocycles. The number of amides is 1. The van der Waals surface area contributed by atoms with Crippen LogP contribution in [0.1, 0.15) is 14.7 Å². The molecule has 0 aliphatic heterocycles. The van der Waals surface area contributed by atoms with Gasteiger partial charge in [0.15, 0.2) is 0 Å². The van der Waals surface area contributed by atoms with E-state index in [4.69, 9.17) is 16.3 Å². The Kier molecular flexibility index (Phi) is 5.26. The lowest BCUT2D eigenvalue weighted by Gasteiger charge is -2.20. The van der Waals surface area contributed by atoms with Gasteiger partial charge in [-0.1, -0.05) is 17.4 Å². The second-order valence-corrected chi connectivity index (χ2v) is 6.25. The van der Waals surface area contributed by atoms with Gasteiger partial charge in [0.25, 0.3) is 5.91 Å². The summed E-state index contributed by atoms with van der Waals surface area (Å²) in [7, 11) is 1.61. The molecule has 0 bridgehead atoms. The van der Waals surface area contributed by atoms with Crippen molar-refractivity contribution in [2.24, 2.45) is 0 Å². The normalized spacial score (nSPS) is 10.6. The van der Waals surface area contributed by atoms with Crippen LogP contribution in [0.4, 0.5) is 0 Å². The highest BCUT2D eigenvalue weighted by atomic mass is 35.5. The van der Waals surface area contributed by atoms with Crippen LogP contribution in [-0.4, -0.2) is 41.3 Å². The van der Waals surface area contributed by atoms with E-state index in [0.29, 0.717) is 24.7 Å². The van der Waals surface area contributed by atoms with Crippen LogP contribution < -0.4 is 0 Å². The maximum Gasteiger partial charge on any atom is 0.285 e. The Morgan fingerprint density at radius 1 is 1.53 bits per heavy atom. The maximum absolute atomic E-state index is 12.3. The Balaban J connectivity index is 2.10. The van der Waals surface area contributed by atoms with Gasteiger partial charge >= 0.3 is 0 Å². The van der Waals surface area contributed by atoms with Gasteiger partial charge in [0.05, 0.1) is 13.2 Å². The van der Waals surface area contributed by atoms with E-state index in [2.05, 4.69) is 10.2 Å². The molecule has 1 amide bonds. The predicted octanol–water partition coefficient (Wildman–Crippen LogP) is 2.54. The topological polar surface area (TPSA) is 55.3 Å². The van der Waals surface area contributed by atoms with E-state index in [1.165, 1.54) is 0 Å². The van der Waals surface area contributed by atoms with E-state index in [9.17, 15) is 4.79 Å². The highest BCUT2D eigenvalue weighted by molar-refractivity contribution is 7.17. The smallest absolute Gasteiger partial charge is 0.285 e. The van der Waals surface area contributed by atoms with Crippen molar-refractivity contribution in [1.29, 1.82) is 0 Å². The molecule has 2 heterocycles. The SMILES string of the molecule is COCCN(Cc1cccs1)C(=O)c1nnc(Cl)s1. The zero-order valence-electron chi connectivity index (χ0n) is 10.2. The number of halogens is 1. The van der Waals surface area contributed by atoms with Gasteiger partial charge in [-0.3, -0.25) is 4.79 Å². The van der Waals surface area contributed by atoms with Crippen LogP contribution >= 0.6 is 34.3 Å². The lowest BCUT2D eigenvalue weighted by molar-refractivity contribution is 0.0681. The molecule has 2 aromatic heterocycles. The monoisotopic (exact) mass is 317 g/mol. The molecule has 2 aromatic rings. The number of hydrogen-bond donors (Lipinski definition) is 0. The lowest BCUT2D eigenvalue weighted by atomic mass is 10.4. The van der Waals surface area contributed by atoms with Crippen molar-refractivity contribution in [3.63, 3.8) is 0 Å². The first-order valence-corrected chi connectivity index (χ1v) is 7.57. The van der Waals surface area contributed by atoms with Crippen LogP contribution in [-0.2, 0) is 11.3 Å². The number of carbonyl (C=O) groups is 1. The largest absolute Gasteiger partial charge is 0.383 e. The highest BCUT2D eigenvalue weighted by Gasteiger charge is 2.20. The van der Waals surface area contributed by atoms with Gasteiger partial charge in [-0.2, -0.15) is 0 Å². The quantitative estimate of drug-likeness (QED) is 0.821. The Morgan fingerprint density at radius 3 is 2.95 bits per heavy atom. The summed E-state index contributed by atoms with van der Waals surface area (Å²) in [6, 6.07) is 3.95. The van der Waals surface area contributed by atoms with Gasteiger partial charge in [0, 0.05) is 18.5 Å². The maximum atomic E-state index is 12.3. The summed E-state index contributed by atoms with van der Waals surface area (Å²) in [5.74, 6) is -0.171. The molecular weight excluding hydrogens is 306 g/mol. The van der Waals surface area contributed by atoms with Crippen LogP contribution in [0, 0.1) is 0 Å². The van der Waals surface area contributed by atoms with Gasteiger partial charge in [-0.15, -0.1) is 21.5 Å². The van der Waals surface area contributed by atoms with Crippen LogP contribution in [0.3, 0.4) is 0 Å². The summed E-state index contributed by atoms with van der Waals surface area (Å²) in [4.78, 5) is 15.1. The van der Waals surface area contributed by atoms with Crippen molar-refractivity contribution in [3.8, 4) is 0 Å². The number of aromatic nitrogens is 2. The van der Waals surface area contributed by atoms with Gasteiger partial charge in [0.2, 0.25) is 9.47 Å². The van der Waals surface area contributed by atoms with Crippen molar-refractivity contribution < 1.29 is 9.53 Å². The summed E-state index contributed by atoms with van der Waals surface area (Å²) in [5, 5.41) is 9.72. The van der Waals surface area contributed by atoms with E-state index in [-0.39, 0.29) is 10.4 Å². The highest BCUT2D eigenvalue weighted by Crippen LogP contribution is 2.19. The molecular formula is C11H12ClN3O2S2. The number of ether oxygens (including phenoxy) is 1. The van der Waals surface area contributed by atoms with Gasteiger partial charge in [-0.25, -0.2) is 0 Å². The molecule has 5 nitrogen and oxygen atoms in total. The van der Waals surface area contributed by atoms with Gasteiger partial charge in [0.1, 0.15) is 0 Å². The molecule has 0 radical (unpaired) electrons. The number of methoxy groups -OCH3 is 1. The third-order valence-corrected chi connectivity index (χ3v) is 4.23. The molecule has 0 N–H and O–H groups in total. The second kappa shape index (κ2) is 6.95. The van der Waals surface area contributed by atoms with E-state index in [1.54, 1.807) is 23.3 Å². The first kappa shape index (κ1) is 14.4. The minimum absolute atomic E-state index is 0.171. The van der Waals surface area contributed by atoms with E-state index in [1.807, 2.05) is 17.5 Å². The molecule has 0 atom stereocenters. The Bertz CT molecular complexity index is 530. The Morgan fingerprint density at radius 2 is 2.37 bits per heavy atom. The number of rotatable bonds is 6. The number of hydrogen-bond acceptors (Lipinski definition) is 6. The molecule has 19 heavy (non-hydrogen) atoms. The summed E-state index contributed by atoms with van der Waals surface area (Å²) >= 11 is 8.40. The summed E-state index contributed by atoms with van der Waals surface area (Å²) < 4.78 is 5.30. The minimum Gasteiger partial charge on any atom is -0.383 e. The third kappa shape index (κ3) is 3.97. The Hall–Kier alpha value is -1.02. The lowest BCUT2D eigenvalue weighted by Crippen LogP contribution is -2.33. The average molecular weight is 318 g/mol. The molecule has 102 valence electrons. The van der Waals surface area contributed by atoms with E-state index < -0.39 is 0 Å². The molecule has 0 aliphatic rings. The molecule has 0 saturated carbocycles. The first-order chi connectivity index (χ1) is 9.20. The van der Waals surface area contributed by atoms with Crippen molar-refractivity contribution in [3.05, 3.63) is 31.9 Å². The molecule has 0 unspecified atom stereocenters. The predicted molar refractivity (Wildman–Crippen MR) is 75.9 cm³/mol. The molecule has 0 aromatic carbocycles. The summed E-state index contributed by atoms with van der Waals surface area (Å²) in [6.07, 6.45) is 0. The number of carbonyl (C=O) groups excluding carboxylic acids is 1. The van der Waals surface area contributed by atoms with Gasteiger partial charge in [-0.05, 0) is 23.0 Å². The zero-order chi connectivity index (χ0) is 13.7. The molecule has 0 saturated heterocycles. The number of nitrogens with zero attached hydrogens (tertiary/aromatic N) is 3. The third-order valence-electron chi connectivity index (χ3n) is 2.36. The first-order valence-electron chi connectivity index (χ1n) is 5.50. The van der Waals surface area contributed by atoms with Crippen LogP contribution in [0.15, 0.2) is 17.5 Å². The van der Waals surface area contributed by atoms with Crippen molar-refractivity contribution in [1.82, 2.24) is 15.1 Å². The second-order valence-electron chi connectivity index (χ2n) is 3.66. The van der Waals surface area contributed by atoms with Gasteiger partial charge < -0.3 is 9.64 Å². The fourth-order valence-electron chi connectivity index (χ4n) is 1.47. The Labute approximate surface area is 123 Å². The van der Waals surface area contributed by atoms with Crippen molar-refractivity contribution in [2.75, 3.05) is 20.3 Å². The number of thiophene rings is 1. The van der Waals surface area contributed by atoms with Crippen molar-refractivity contribution >= 4 is 40.2 Å². The van der Waals surface area contributed by atoms with E-state index >= 15 is 0 Å². The standard InChI is InChI=1S/C11H12ClN3O2S2/c1-17-5-4-15(7-8-3-2-6-18-8)10(16)9-13-14-11(12)19-9/h2-3,6H,4-5,7H2,1H3. The molecule has 8 heteroatoms. The van der Waals surface area contributed by atoms with Crippen LogP contribution in [0.5, 0.6) is 0 Å². The fourth-order valence-corrected chi connectivity index (χ4v) is 2.99.